The lowest BCUT2D eigenvalue weighted by atomic mass is 10.2. The van der Waals surface area contributed by atoms with Crippen molar-refractivity contribution in [3.63, 3.8) is 0 Å². The lowest BCUT2D eigenvalue weighted by Gasteiger charge is -2.02. The number of rotatable bonds is 5. The Morgan fingerprint density at radius 3 is 2.71 bits per heavy atom. The van der Waals surface area contributed by atoms with Gasteiger partial charge in [0.25, 0.3) is 0 Å². The fraction of sp³-hybridized carbons (Fsp3) is 0.417. The Balaban J connectivity index is 2.11. The minimum Gasteiger partial charge on any atom is -0.369 e. The summed E-state index contributed by atoms with van der Waals surface area (Å²) in [5, 5.41) is 15.7. The SMILES string of the molecule is CCCNc1ccc(-c2cnn(CC)c2)nn1. The molecule has 0 fully saturated rings. The minimum absolute atomic E-state index is 0.818. The van der Waals surface area contributed by atoms with E-state index in [1.165, 1.54) is 0 Å². The van der Waals surface area contributed by atoms with Gasteiger partial charge in [-0.2, -0.15) is 5.10 Å². The highest BCUT2D eigenvalue weighted by Gasteiger charge is 2.03. The molecule has 0 aromatic carbocycles. The molecule has 0 aliphatic heterocycles. The van der Waals surface area contributed by atoms with Crippen LogP contribution < -0.4 is 5.32 Å². The topological polar surface area (TPSA) is 55.6 Å². The van der Waals surface area contributed by atoms with Crippen molar-refractivity contribution >= 4 is 5.82 Å². The summed E-state index contributed by atoms with van der Waals surface area (Å²) in [7, 11) is 0. The van der Waals surface area contributed by atoms with E-state index in [-0.39, 0.29) is 0 Å². The molecule has 17 heavy (non-hydrogen) atoms. The summed E-state index contributed by atoms with van der Waals surface area (Å²) in [6.07, 6.45) is 4.86. The molecule has 0 radical (unpaired) electrons. The molecule has 5 nitrogen and oxygen atoms in total. The summed E-state index contributed by atoms with van der Waals surface area (Å²) in [5.41, 5.74) is 1.85. The van der Waals surface area contributed by atoms with E-state index < -0.39 is 0 Å². The molecule has 0 atom stereocenters. The molecule has 2 aromatic rings. The van der Waals surface area contributed by atoms with E-state index in [2.05, 4.69) is 34.5 Å². The molecule has 0 saturated heterocycles. The van der Waals surface area contributed by atoms with Gasteiger partial charge < -0.3 is 5.32 Å². The summed E-state index contributed by atoms with van der Waals surface area (Å²) in [6, 6.07) is 3.91. The molecule has 0 unspecified atom stereocenters. The average Bonchev–Trinajstić information content (AvgIpc) is 2.86. The molecule has 5 heteroatoms. The van der Waals surface area contributed by atoms with Crippen molar-refractivity contribution in [2.24, 2.45) is 0 Å². The molecular formula is C12H17N5. The fourth-order valence-electron chi connectivity index (χ4n) is 1.50. The number of aromatic nitrogens is 4. The van der Waals surface area contributed by atoms with Crippen LogP contribution in [0.1, 0.15) is 20.3 Å². The van der Waals surface area contributed by atoms with Crippen molar-refractivity contribution < 1.29 is 0 Å². The van der Waals surface area contributed by atoms with Gasteiger partial charge in [-0.3, -0.25) is 4.68 Å². The molecule has 2 aromatic heterocycles. The Bertz CT molecular complexity index is 460. The van der Waals surface area contributed by atoms with Crippen molar-refractivity contribution in [1.29, 1.82) is 0 Å². The van der Waals surface area contributed by atoms with Gasteiger partial charge in [0.15, 0.2) is 0 Å². The van der Waals surface area contributed by atoms with Gasteiger partial charge in [-0.05, 0) is 25.5 Å². The van der Waals surface area contributed by atoms with E-state index in [1.54, 1.807) is 0 Å². The second kappa shape index (κ2) is 5.43. The van der Waals surface area contributed by atoms with Crippen LogP contribution in [-0.4, -0.2) is 26.5 Å². The van der Waals surface area contributed by atoms with Crippen LogP contribution in [0.2, 0.25) is 0 Å². The number of nitrogens with zero attached hydrogens (tertiary/aromatic N) is 4. The monoisotopic (exact) mass is 231 g/mol. The summed E-state index contributed by atoms with van der Waals surface area (Å²) in [4.78, 5) is 0. The normalized spacial score (nSPS) is 10.5. The van der Waals surface area contributed by atoms with E-state index >= 15 is 0 Å². The van der Waals surface area contributed by atoms with Gasteiger partial charge in [0.1, 0.15) is 5.82 Å². The third kappa shape index (κ3) is 2.81. The molecule has 90 valence electrons. The second-order valence-corrected chi connectivity index (χ2v) is 3.82. The van der Waals surface area contributed by atoms with E-state index in [0.717, 1.165) is 36.6 Å². The molecule has 2 heterocycles. The molecule has 2 rings (SSSR count). The third-order valence-corrected chi connectivity index (χ3v) is 2.47. The Kier molecular flexibility index (Phi) is 3.69. The molecule has 0 spiro atoms. The van der Waals surface area contributed by atoms with Crippen molar-refractivity contribution in [3.05, 3.63) is 24.5 Å². The number of aryl methyl sites for hydroxylation is 1. The van der Waals surface area contributed by atoms with Gasteiger partial charge in [-0.1, -0.05) is 6.92 Å². The summed E-state index contributed by atoms with van der Waals surface area (Å²) in [5.74, 6) is 0.818. The number of anilines is 1. The van der Waals surface area contributed by atoms with Crippen LogP contribution in [0.15, 0.2) is 24.5 Å². The number of hydrogen-bond acceptors (Lipinski definition) is 4. The largest absolute Gasteiger partial charge is 0.369 e. The zero-order valence-corrected chi connectivity index (χ0v) is 10.2. The van der Waals surface area contributed by atoms with Crippen LogP contribution in [0.3, 0.4) is 0 Å². The van der Waals surface area contributed by atoms with Crippen molar-refractivity contribution in [1.82, 2.24) is 20.0 Å². The van der Waals surface area contributed by atoms with Crippen LogP contribution in [0.25, 0.3) is 11.3 Å². The zero-order chi connectivity index (χ0) is 12.1. The summed E-state index contributed by atoms with van der Waals surface area (Å²) in [6.45, 7) is 5.96. The Hall–Kier alpha value is -1.91. The van der Waals surface area contributed by atoms with E-state index in [1.807, 2.05) is 29.2 Å². The quantitative estimate of drug-likeness (QED) is 0.857. The van der Waals surface area contributed by atoms with E-state index in [0.29, 0.717) is 0 Å². The molecule has 0 bridgehead atoms. The van der Waals surface area contributed by atoms with E-state index in [9.17, 15) is 0 Å². The first-order valence-electron chi connectivity index (χ1n) is 5.94. The predicted octanol–water partition coefficient (Wildman–Crippen LogP) is 2.18. The zero-order valence-electron chi connectivity index (χ0n) is 10.2. The smallest absolute Gasteiger partial charge is 0.148 e. The van der Waals surface area contributed by atoms with Crippen LogP contribution >= 0.6 is 0 Å². The number of hydrogen-bond donors (Lipinski definition) is 1. The maximum Gasteiger partial charge on any atom is 0.148 e. The van der Waals surface area contributed by atoms with Gasteiger partial charge in [-0.15, -0.1) is 10.2 Å². The highest BCUT2D eigenvalue weighted by molar-refractivity contribution is 5.57. The third-order valence-electron chi connectivity index (χ3n) is 2.47. The molecule has 0 aliphatic carbocycles. The lowest BCUT2D eigenvalue weighted by Crippen LogP contribution is -2.02. The number of nitrogens with one attached hydrogen (secondary N) is 1. The first-order chi connectivity index (χ1) is 8.33. The van der Waals surface area contributed by atoms with Gasteiger partial charge >= 0.3 is 0 Å². The maximum atomic E-state index is 4.22. The first kappa shape index (κ1) is 11.6. The van der Waals surface area contributed by atoms with Crippen molar-refractivity contribution in [2.45, 2.75) is 26.8 Å². The highest BCUT2D eigenvalue weighted by Crippen LogP contribution is 2.15. The highest BCUT2D eigenvalue weighted by atomic mass is 15.3. The van der Waals surface area contributed by atoms with Gasteiger partial charge in [-0.25, -0.2) is 0 Å². The standard InChI is InChI=1S/C12H17N5/c1-3-7-13-12-6-5-11(15-16-12)10-8-14-17(4-2)9-10/h5-6,8-9H,3-4,7H2,1-2H3,(H,13,16). The maximum absolute atomic E-state index is 4.22. The van der Waals surface area contributed by atoms with Crippen LogP contribution in [0, 0.1) is 0 Å². The minimum atomic E-state index is 0.818. The molecule has 0 aliphatic rings. The van der Waals surface area contributed by atoms with Gasteiger partial charge in [0.2, 0.25) is 0 Å². The van der Waals surface area contributed by atoms with Crippen LogP contribution in [-0.2, 0) is 6.54 Å². The molecule has 1 N–H and O–H groups in total. The van der Waals surface area contributed by atoms with E-state index in [4.69, 9.17) is 0 Å². The van der Waals surface area contributed by atoms with Crippen LogP contribution in [0.4, 0.5) is 5.82 Å². The summed E-state index contributed by atoms with van der Waals surface area (Å²) < 4.78 is 1.88. The average molecular weight is 231 g/mol. The Morgan fingerprint density at radius 2 is 2.12 bits per heavy atom. The molecule has 0 saturated carbocycles. The fourth-order valence-corrected chi connectivity index (χ4v) is 1.50. The molecular weight excluding hydrogens is 214 g/mol. The molecule has 0 amide bonds. The second-order valence-electron chi connectivity index (χ2n) is 3.82. The van der Waals surface area contributed by atoms with Gasteiger partial charge in [0.05, 0.1) is 11.9 Å². The van der Waals surface area contributed by atoms with Crippen LogP contribution in [0.5, 0.6) is 0 Å². The van der Waals surface area contributed by atoms with Gasteiger partial charge in [0, 0.05) is 24.8 Å². The Morgan fingerprint density at radius 1 is 1.24 bits per heavy atom. The van der Waals surface area contributed by atoms with Crippen molar-refractivity contribution in [3.8, 4) is 11.3 Å². The first-order valence-corrected chi connectivity index (χ1v) is 5.94. The lowest BCUT2D eigenvalue weighted by molar-refractivity contribution is 0.660. The Labute approximate surface area is 101 Å². The van der Waals surface area contributed by atoms with Crippen molar-refractivity contribution in [2.75, 3.05) is 11.9 Å². The summed E-state index contributed by atoms with van der Waals surface area (Å²) >= 11 is 0. The predicted molar refractivity (Wildman–Crippen MR) is 67.7 cm³/mol.